The molecule has 0 saturated heterocycles. The van der Waals surface area contributed by atoms with Crippen LogP contribution in [0, 0.1) is 10.1 Å². The van der Waals surface area contributed by atoms with E-state index in [1.807, 2.05) is 0 Å². The number of nitrogens with one attached hydrogen (secondary N) is 2. The Kier molecular flexibility index (Phi) is 6.47. The van der Waals surface area contributed by atoms with Gasteiger partial charge in [-0.15, -0.1) is 0 Å². The number of nitro benzene ring substituents is 1. The predicted octanol–water partition coefficient (Wildman–Crippen LogP) is 3.65. The fourth-order valence-corrected chi connectivity index (χ4v) is 4.27. The van der Waals surface area contributed by atoms with Crippen LogP contribution in [-0.4, -0.2) is 32.3 Å². The highest BCUT2D eigenvalue weighted by Crippen LogP contribution is 2.37. The Morgan fingerprint density at radius 2 is 1.71 bits per heavy atom. The number of amides is 1. The highest BCUT2D eigenvalue weighted by atomic mass is 79.9. The topological polar surface area (TPSA) is 149 Å². The maximum atomic E-state index is 12.5. The first kappa shape index (κ1) is 23.2. The van der Waals surface area contributed by atoms with Crippen molar-refractivity contribution in [3.8, 4) is 11.5 Å². The normalized spacial score (nSPS) is 12.5. The van der Waals surface area contributed by atoms with Gasteiger partial charge in [0.1, 0.15) is 0 Å². The van der Waals surface area contributed by atoms with Crippen molar-refractivity contribution < 1.29 is 27.6 Å². The van der Waals surface area contributed by atoms with Gasteiger partial charge in [-0.25, -0.2) is 13.8 Å². The van der Waals surface area contributed by atoms with Crippen molar-refractivity contribution in [2.75, 3.05) is 11.5 Å². The van der Waals surface area contributed by atoms with Crippen LogP contribution >= 0.6 is 15.9 Å². The van der Waals surface area contributed by atoms with Gasteiger partial charge in [-0.1, -0.05) is 15.9 Å². The molecular formula is C21H15BrN4O7S. The van der Waals surface area contributed by atoms with Crippen molar-refractivity contribution >= 4 is 49.4 Å². The zero-order valence-electron chi connectivity index (χ0n) is 17.1. The molecule has 1 amide bonds. The first-order valence-corrected chi connectivity index (χ1v) is 11.8. The Hall–Kier alpha value is -3.97. The van der Waals surface area contributed by atoms with Gasteiger partial charge in [-0.2, -0.15) is 5.10 Å². The van der Waals surface area contributed by atoms with Crippen molar-refractivity contribution in [1.82, 2.24) is 5.43 Å². The van der Waals surface area contributed by atoms with Crippen molar-refractivity contribution in [1.29, 1.82) is 0 Å². The van der Waals surface area contributed by atoms with E-state index in [-0.39, 0.29) is 39.9 Å². The molecule has 0 radical (unpaired) electrons. The van der Waals surface area contributed by atoms with Crippen LogP contribution in [0.4, 0.5) is 11.4 Å². The van der Waals surface area contributed by atoms with Crippen molar-refractivity contribution in [3.05, 3.63) is 86.4 Å². The standard InChI is InChI=1S/C21H15BrN4O7S/c22-15-3-7-17(8-4-15)34(30,31)25-16-5-1-13(2-6-16)21(27)24-23-11-14-9-19-20(33-12-32-19)10-18(14)26(28)29/h1-11,25H,12H2,(H,24,27)/b23-11+. The van der Waals surface area contributed by atoms with Crippen LogP contribution in [-0.2, 0) is 10.0 Å². The van der Waals surface area contributed by atoms with Gasteiger partial charge in [0.2, 0.25) is 6.79 Å². The monoisotopic (exact) mass is 546 g/mol. The highest BCUT2D eigenvalue weighted by Gasteiger charge is 2.22. The minimum atomic E-state index is -3.79. The highest BCUT2D eigenvalue weighted by molar-refractivity contribution is 9.10. The average Bonchev–Trinajstić information content (AvgIpc) is 3.26. The number of carbonyl (C=O) groups is 1. The van der Waals surface area contributed by atoms with Gasteiger partial charge in [0.15, 0.2) is 11.5 Å². The number of hydrazone groups is 1. The fourth-order valence-electron chi connectivity index (χ4n) is 2.95. The molecule has 0 spiro atoms. The molecular weight excluding hydrogens is 532 g/mol. The molecule has 3 aromatic carbocycles. The van der Waals surface area contributed by atoms with Crippen LogP contribution in [0.1, 0.15) is 15.9 Å². The summed E-state index contributed by atoms with van der Waals surface area (Å²) in [6.45, 7) is -0.0426. The van der Waals surface area contributed by atoms with Gasteiger partial charge in [0.25, 0.3) is 21.6 Å². The average molecular weight is 547 g/mol. The van der Waals surface area contributed by atoms with E-state index in [0.717, 1.165) is 10.7 Å². The molecule has 0 fully saturated rings. The van der Waals surface area contributed by atoms with E-state index in [9.17, 15) is 23.3 Å². The summed E-state index contributed by atoms with van der Waals surface area (Å²) in [7, 11) is -3.79. The fraction of sp³-hybridized carbons (Fsp3) is 0.0476. The Balaban J connectivity index is 1.42. The number of halogens is 1. The van der Waals surface area contributed by atoms with Crippen LogP contribution in [0.25, 0.3) is 0 Å². The Labute approximate surface area is 201 Å². The third-order valence-electron chi connectivity index (χ3n) is 4.61. The van der Waals surface area contributed by atoms with E-state index in [4.69, 9.17) is 9.47 Å². The van der Waals surface area contributed by atoms with Crippen LogP contribution in [0.15, 0.2) is 75.1 Å². The van der Waals surface area contributed by atoms with Gasteiger partial charge in [-0.3, -0.25) is 19.6 Å². The Morgan fingerprint density at radius 3 is 2.35 bits per heavy atom. The number of hydrogen-bond acceptors (Lipinski definition) is 8. The van der Waals surface area contributed by atoms with Gasteiger partial charge >= 0.3 is 0 Å². The SMILES string of the molecule is O=C(N/N=C/c1cc2c(cc1[N+](=O)[O-])OCO2)c1ccc(NS(=O)(=O)c2ccc(Br)cc2)cc1. The molecule has 0 bridgehead atoms. The smallest absolute Gasteiger partial charge is 0.282 e. The molecule has 0 atom stereocenters. The second kappa shape index (κ2) is 9.49. The van der Waals surface area contributed by atoms with Crippen molar-refractivity contribution in [2.45, 2.75) is 4.90 Å². The zero-order chi connectivity index (χ0) is 24.3. The molecule has 0 unspecified atom stereocenters. The maximum Gasteiger partial charge on any atom is 0.282 e. The molecule has 1 heterocycles. The van der Waals surface area contributed by atoms with Crippen LogP contribution in [0.3, 0.4) is 0 Å². The number of nitrogens with zero attached hydrogens (tertiary/aromatic N) is 2. The summed E-state index contributed by atoms with van der Waals surface area (Å²) in [6.07, 6.45) is 1.12. The van der Waals surface area contributed by atoms with Gasteiger partial charge in [0, 0.05) is 15.7 Å². The quantitative estimate of drug-likeness (QED) is 0.261. The molecule has 174 valence electrons. The summed E-state index contributed by atoms with van der Waals surface area (Å²) < 4.78 is 38.4. The summed E-state index contributed by atoms with van der Waals surface area (Å²) >= 11 is 3.25. The number of hydrogen-bond donors (Lipinski definition) is 2. The lowest BCUT2D eigenvalue weighted by Crippen LogP contribution is -2.18. The summed E-state index contributed by atoms with van der Waals surface area (Å²) in [6, 6.07) is 14.4. The maximum absolute atomic E-state index is 12.5. The molecule has 4 rings (SSSR count). The first-order chi connectivity index (χ1) is 16.2. The third kappa shape index (κ3) is 5.15. The van der Waals surface area contributed by atoms with E-state index >= 15 is 0 Å². The number of anilines is 1. The molecule has 0 aromatic heterocycles. The molecule has 11 nitrogen and oxygen atoms in total. The summed E-state index contributed by atoms with van der Waals surface area (Å²) in [5.74, 6) is -0.00903. The van der Waals surface area contributed by atoms with E-state index in [2.05, 4.69) is 31.2 Å². The van der Waals surface area contributed by atoms with Crippen LogP contribution in [0.5, 0.6) is 11.5 Å². The lowest BCUT2D eigenvalue weighted by atomic mass is 10.1. The number of rotatable bonds is 7. The molecule has 1 aliphatic rings. The molecule has 0 aliphatic carbocycles. The Bertz CT molecular complexity index is 1390. The summed E-state index contributed by atoms with van der Waals surface area (Å²) in [5, 5.41) is 15.1. The van der Waals surface area contributed by atoms with Crippen LogP contribution < -0.4 is 19.6 Å². The number of benzene rings is 3. The zero-order valence-corrected chi connectivity index (χ0v) is 19.5. The first-order valence-electron chi connectivity index (χ1n) is 9.53. The van der Waals surface area contributed by atoms with E-state index in [0.29, 0.717) is 5.75 Å². The van der Waals surface area contributed by atoms with Crippen molar-refractivity contribution in [2.24, 2.45) is 5.10 Å². The van der Waals surface area contributed by atoms with E-state index in [1.54, 1.807) is 12.1 Å². The summed E-state index contributed by atoms with van der Waals surface area (Å²) in [4.78, 5) is 23.1. The third-order valence-corrected chi connectivity index (χ3v) is 6.54. The second-order valence-electron chi connectivity index (χ2n) is 6.86. The number of fused-ring (bicyclic) bond motifs is 1. The molecule has 1 aliphatic heterocycles. The van der Waals surface area contributed by atoms with E-state index in [1.165, 1.54) is 48.5 Å². The van der Waals surface area contributed by atoms with Gasteiger partial charge in [0.05, 0.1) is 27.7 Å². The van der Waals surface area contributed by atoms with Crippen LogP contribution in [0.2, 0.25) is 0 Å². The largest absolute Gasteiger partial charge is 0.454 e. The Morgan fingerprint density at radius 1 is 1.06 bits per heavy atom. The number of ether oxygens (including phenoxy) is 2. The molecule has 34 heavy (non-hydrogen) atoms. The van der Waals surface area contributed by atoms with Crippen molar-refractivity contribution in [3.63, 3.8) is 0 Å². The van der Waals surface area contributed by atoms with Gasteiger partial charge in [-0.05, 0) is 54.6 Å². The minimum Gasteiger partial charge on any atom is -0.454 e. The number of sulfonamides is 1. The van der Waals surface area contributed by atoms with E-state index < -0.39 is 20.9 Å². The summed E-state index contributed by atoms with van der Waals surface area (Å²) in [5.41, 5.74) is 2.59. The second-order valence-corrected chi connectivity index (χ2v) is 9.46. The predicted molar refractivity (Wildman–Crippen MR) is 126 cm³/mol. The lowest BCUT2D eigenvalue weighted by Gasteiger charge is -2.09. The van der Waals surface area contributed by atoms with Gasteiger partial charge < -0.3 is 9.47 Å². The lowest BCUT2D eigenvalue weighted by molar-refractivity contribution is -0.385. The molecule has 3 aromatic rings. The number of nitro groups is 1. The number of carbonyl (C=O) groups excluding carboxylic acids is 1. The molecule has 13 heteroatoms. The minimum absolute atomic E-state index is 0.0426. The molecule has 2 N–H and O–H groups in total. The molecule has 0 saturated carbocycles.